The first-order chi connectivity index (χ1) is 15.0. The van der Waals surface area contributed by atoms with Gasteiger partial charge in [0.25, 0.3) is 5.91 Å². The molecule has 2 amide bonds. The fraction of sp³-hybridized carbons (Fsp3) is 0.250. The van der Waals surface area contributed by atoms with Crippen LogP contribution < -0.4 is 0 Å². The van der Waals surface area contributed by atoms with E-state index in [1.165, 1.54) is 35.2 Å². The van der Waals surface area contributed by atoms with E-state index in [0.29, 0.717) is 13.1 Å². The summed E-state index contributed by atoms with van der Waals surface area (Å²) < 4.78 is 27.5. The number of halogens is 2. The van der Waals surface area contributed by atoms with E-state index >= 15 is 0 Å². The maximum atomic E-state index is 14.2. The first-order valence-corrected chi connectivity index (χ1v) is 11.0. The van der Waals surface area contributed by atoms with Gasteiger partial charge in [-0.05, 0) is 54.1 Å². The van der Waals surface area contributed by atoms with Crippen molar-refractivity contribution in [2.45, 2.75) is 32.0 Å². The Labute approximate surface area is 183 Å². The first kappa shape index (κ1) is 21.2. The van der Waals surface area contributed by atoms with Crippen molar-refractivity contribution in [1.82, 2.24) is 9.80 Å². The molecule has 0 aliphatic heterocycles. The lowest BCUT2D eigenvalue weighted by atomic mass is 10.1. The van der Waals surface area contributed by atoms with Crippen LogP contribution in [0.3, 0.4) is 0 Å². The molecule has 1 aliphatic carbocycles. The van der Waals surface area contributed by atoms with E-state index in [1.54, 1.807) is 34.4 Å². The number of amides is 2. The van der Waals surface area contributed by atoms with Crippen molar-refractivity contribution < 1.29 is 18.4 Å². The van der Waals surface area contributed by atoms with Crippen molar-refractivity contribution in [3.63, 3.8) is 0 Å². The van der Waals surface area contributed by atoms with Gasteiger partial charge in [-0.15, -0.1) is 11.3 Å². The second kappa shape index (κ2) is 9.39. The average Bonchev–Trinajstić information content (AvgIpc) is 3.48. The van der Waals surface area contributed by atoms with E-state index in [0.717, 1.165) is 23.3 Å². The fourth-order valence-electron chi connectivity index (χ4n) is 3.42. The Morgan fingerprint density at radius 1 is 0.935 bits per heavy atom. The molecule has 0 atom stereocenters. The molecule has 0 unspecified atom stereocenters. The molecule has 1 heterocycles. The van der Waals surface area contributed by atoms with Crippen molar-refractivity contribution in [1.29, 1.82) is 0 Å². The van der Waals surface area contributed by atoms with Crippen LogP contribution in [0.15, 0.2) is 66.0 Å². The molecule has 1 aromatic heterocycles. The smallest absolute Gasteiger partial charge is 0.257 e. The molecule has 2 aromatic carbocycles. The lowest BCUT2D eigenvalue weighted by Crippen LogP contribution is -2.43. The normalized spacial score (nSPS) is 13.1. The minimum Gasteiger partial charge on any atom is -0.332 e. The number of thiophene rings is 1. The quantitative estimate of drug-likeness (QED) is 0.502. The molecular formula is C24H22F2N2O2S. The highest BCUT2D eigenvalue weighted by molar-refractivity contribution is 7.09. The van der Waals surface area contributed by atoms with Gasteiger partial charge in [-0.2, -0.15) is 0 Å². The average molecular weight is 441 g/mol. The lowest BCUT2D eigenvalue weighted by molar-refractivity contribution is -0.133. The minimum atomic E-state index is -0.590. The molecule has 0 bridgehead atoms. The monoisotopic (exact) mass is 440 g/mol. The Morgan fingerprint density at radius 2 is 1.68 bits per heavy atom. The summed E-state index contributed by atoms with van der Waals surface area (Å²) in [5, 5.41) is 1.94. The van der Waals surface area contributed by atoms with Gasteiger partial charge in [0.1, 0.15) is 18.2 Å². The van der Waals surface area contributed by atoms with Crippen LogP contribution in [-0.4, -0.2) is 34.2 Å². The minimum absolute atomic E-state index is 0.0226. The summed E-state index contributed by atoms with van der Waals surface area (Å²) in [6.45, 7) is 0.564. The van der Waals surface area contributed by atoms with E-state index in [4.69, 9.17) is 0 Å². The number of hydrogen-bond donors (Lipinski definition) is 0. The zero-order valence-electron chi connectivity index (χ0n) is 16.8. The zero-order valence-corrected chi connectivity index (χ0v) is 17.7. The zero-order chi connectivity index (χ0) is 21.8. The molecule has 1 saturated carbocycles. The third-order valence-corrected chi connectivity index (χ3v) is 6.09. The third-order valence-electron chi connectivity index (χ3n) is 5.22. The van der Waals surface area contributed by atoms with Gasteiger partial charge >= 0.3 is 0 Å². The highest BCUT2D eigenvalue weighted by Gasteiger charge is 2.36. The van der Waals surface area contributed by atoms with Gasteiger partial charge in [-0.25, -0.2) is 8.78 Å². The Bertz CT molecular complexity index is 1050. The molecular weight excluding hydrogens is 418 g/mol. The predicted molar refractivity (Wildman–Crippen MR) is 115 cm³/mol. The largest absolute Gasteiger partial charge is 0.332 e. The summed E-state index contributed by atoms with van der Waals surface area (Å²) in [6.07, 6.45) is 1.60. The van der Waals surface area contributed by atoms with Crippen molar-refractivity contribution in [2.75, 3.05) is 6.54 Å². The molecule has 0 N–H and O–H groups in total. The molecule has 0 spiro atoms. The predicted octanol–water partition coefficient (Wildman–Crippen LogP) is 4.86. The molecule has 7 heteroatoms. The van der Waals surface area contributed by atoms with Crippen LogP contribution in [0.5, 0.6) is 0 Å². The SMILES string of the molecule is O=C(CN(C(=O)c1ccccc1F)C1CC1)N(Cc1ccc(F)cc1)Cc1cccs1. The molecule has 3 aromatic rings. The van der Waals surface area contributed by atoms with Crippen LogP contribution in [-0.2, 0) is 17.9 Å². The standard InChI is InChI=1S/C24H22F2N2O2S/c25-18-9-7-17(8-10-18)14-27(15-20-4-3-13-31-20)23(29)16-28(19-11-12-19)24(30)21-5-1-2-6-22(21)26/h1-10,13,19H,11-12,14-16H2. The van der Waals surface area contributed by atoms with Crippen molar-refractivity contribution in [3.8, 4) is 0 Å². The van der Waals surface area contributed by atoms with E-state index in [-0.39, 0.29) is 29.9 Å². The fourth-order valence-corrected chi connectivity index (χ4v) is 4.14. The number of rotatable bonds is 8. The highest BCUT2D eigenvalue weighted by atomic mass is 32.1. The summed E-state index contributed by atoms with van der Waals surface area (Å²) in [5.41, 5.74) is 0.773. The molecule has 160 valence electrons. The van der Waals surface area contributed by atoms with Gasteiger partial charge < -0.3 is 9.80 Å². The van der Waals surface area contributed by atoms with Crippen molar-refractivity contribution in [3.05, 3.63) is 93.7 Å². The van der Waals surface area contributed by atoms with Gasteiger partial charge in [0.05, 0.1) is 12.1 Å². The van der Waals surface area contributed by atoms with E-state index in [9.17, 15) is 18.4 Å². The molecule has 4 rings (SSSR count). The van der Waals surface area contributed by atoms with E-state index in [2.05, 4.69) is 0 Å². The van der Waals surface area contributed by atoms with Gasteiger partial charge in [0.15, 0.2) is 0 Å². The van der Waals surface area contributed by atoms with Crippen LogP contribution in [0.1, 0.15) is 33.6 Å². The maximum absolute atomic E-state index is 14.2. The van der Waals surface area contributed by atoms with E-state index in [1.807, 2.05) is 17.5 Å². The summed E-state index contributed by atoms with van der Waals surface area (Å²) in [5.74, 6) is -1.62. The highest BCUT2D eigenvalue weighted by Crippen LogP contribution is 2.29. The van der Waals surface area contributed by atoms with Gasteiger partial charge in [0.2, 0.25) is 5.91 Å². The Morgan fingerprint density at radius 3 is 2.32 bits per heavy atom. The number of benzene rings is 2. The summed E-state index contributed by atoms with van der Waals surface area (Å²) in [7, 11) is 0. The number of hydrogen-bond acceptors (Lipinski definition) is 3. The van der Waals surface area contributed by atoms with Gasteiger partial charge in [0, 0.05) is 17.5 Å². The summed E-state index contributed by atoms with van der Waals surface area (Å²) in [4.78, 5) is 30.4. The molecule has 4 nitrogen and oxygen atoms in total. The second-order valence-electron chi connectivity index (χ2n) is 7.60. The maximum Gasteiger partial charge on any atom is 0.257 e. The van der Waals surface area contributed by atoms with Crippen molar-refractivity contribution >= 4 is 23.2 Å². The van der Waals surface area contributed by atoms with Crippen LogP contribution in [0, 0.1) is 11.6 Å². The van der Waals surface area contributed by atoms with Crippen molar-refractivity contribution in [2.24, 2.45) is 0 Å². The molecule has 1 aliphatic rings. The number of carbonyl (C=O) groups is 2. The first-order valence-electron chi connectivity index (χ1n) is 10.1. The molecule has 1 fully saturated rings. The number of nitrogens with zero attached hydrogens (tertiary/aromatic N) is 2. The lowest BCUT2D eigenvalue weighted by Gasteiger charge is -2.28. The summed E-state index contributed by atoms with van der Waals surface area (Å²) in [6, 6.07) is 15.7. The third kappa shape index (κ3) is 5.35. The van der Waals surface area contributed by atoms with E-state index < -0.39 is 11.7 Å². The molecule has 0 saturated heterocycles. The Kier molecular flexibility index (Phi) is 6.42. The second-order valence-corrected chi connectivity index (χ2v) is 8.63. The van der Waals surface area contributed by atoms with Crippen LogP contribution >= 0.6 is 11.3 Å². The van der Waals surface area contributed by atoms with Crippen LogP contribution in [0.2, 0.25) is 0 Å². The molecule has 31 heavy (non-hydrogen) atoms. The van der Waals surface area contributed by atoms with Gasteiger partial charge in [-0.3, -0.25) is 9.59 Å². The van der Waals surface area contributed by atoms with Crippen LogP contribution in [0.25, 0.3) is 0 Å². The van der Waals surface area contributed by atoms with Crippen LogP contribution in [0.4, 0.5) is 8.78 Å². The summed E-state index contributed by atoms with van der Waals surface area (Å²) >= 11 is 1.54. The Hall–Kier alpha value is -3.06. The molecule has 0 radical (unpaired) electrons. The number of carbonyl (C=O) groups excluding carboxylic acids is 2. The Balaban J connectivity index is 1.53. The topological polar surface area (TPSA) is 40.6 Å². The van der Waals surface area contributed by atoms with Gasteiger partial charge in [-0.1, -0.05) is 30.3 Å².